The Hall–Kier alpha value is -0.740. The van der Waals surface area contributed by atoms with Gasteiger partial charge in [-0.25, -0.2) is 8.42 Å². The Balaban J connectivity index is 2.08. The topological polar surface area (TPSA) is 46.2 Å². The SMILES string of the molecule is CS(=O)(=O)c1ccccc1NCC1CCCC1CCl. The number of sulfone groups is 1. The number of alkyl halides is 1. The third-order valence-corrected chi connectivity index (χ3v) is 5.41. The van der Waals surface area contributed by atoms with Gasteiger partial charge in [-0.1, -0.05) is 18.6 Å². The summed E-state index contributed by atoms with van der Waals surface area (Å²) in [6.07, 6.45) is 4.82. The van der Waals surface area contributed by atoms with Gasteiger partial charge >= 0.3 is 0 Å². The fraction of sp³-hybridized carbons (Fsp3) is 0.571. The van der Waals surface area contributed by atoms with E-state index in [1.807, 2.05) is 12.1 Å². The van der Waals surface area contributed by atoms with Crippen LogP contribution in [0.15, 0.2) is 29.2 Å². The van der Waals surface area contributed by atoms with Gasteiger partial charge in [-0.15, -0.1) is 11.6 Å². The fourth-order valence-electron chi connectivity index (χ4n) is 2.76. The number of hydrogen-bond donors (Lipinski definition) is 1. The van der Waals surface area contributed by atoms with E-state index in [4.69, 9.17) is 11.6 Å². The van der Waals surface area contributed by atoms with Gasteiger partial charge < -0.3 is 5.32 Å². The number of rotatable bonds is 5. The van der Waals surface area contributed by atoms with E-state index in [2.05, 4.69) is 5.32 Å². The van der Waals surface area contributed by atoms with E-state index in [1.165, 1.54) is 25.5 Å². The zero-order valence-corrected chi connectivity index (χ0v) is 12.7. The number of halogens is 1. The highest BCUT2D eigenvalue weighted by Crippen LogP contribution is 2.33. The molecule has 0 aromatic heterocycles. The minimum Gasteiger partial charge on any atom is -0.384 e. The van der Waals surface area contributed by atoms with Crippen LogP contribution in [0.2, 0.25) is 0 Å². The number of benzene rings is 1. The lowest BCUT2D eigenvalue weighted by atomic mass is 9.98. The van der Waals surface area contributed by atoms with Crippen LogP contribution in [0.5, 0.6) is 0 Å². The van der Waals surface area contributed by atoms with Crippen molar-refractivity contribution in [2.45, 2.75) is 24.2 Å². The van der Waals surface area contributed by atoms with Gasteiger partial charge in [0.1, 0.15) is 0 Å². The Morgan fingerprint density at radius 3 is 2.63 bits per heavy atom. The van der Waals surface area contributed by atoms with Crippen LogP contribution in [0.1, 0.15) is 19.3 Å². The zero-order valence-electron chi connectivity index (χ0n) is 11.1. The Kier molecular flexibility index (Phi) is 4.74. The minimum absolute atomic E-state index is 0.371. The van der Waals surface area contributed by atoms with Crippen molar-refractivity contribution in [3.05, 3.63) is 24.3 Å². The van der Waals surface area contributed by atoms with Gasteiger partial charge in [-0.2, -0.15) is 0 Å². The third kappa shape index (κ3) is 3.63. The van der Waals surface area contributed by atoms with E-state index in [9.17, 15) is 8.42 Å². The number of nitrogens with one attached hydrogen (secondary N) is 1. The summed E-state index contributed by atoms with van der Waals surface area (Å²) in [5.41, 5.74) is 0.699. The maximum Gasteiger partial charge on any atom is 0.177 e. The van der Waals surface area contributed by atoms with Crippen molar-refractivity contribution in [1.82, 2.24) is 0 Å². The molecule has 1 aliphatic carbocycles. The second-order valence-electron chi connectivity index (χ2n) is 5.25. The first kappa shape index (κ1) is 14.7. The Morgan fingerprint density at radius 1 is 1.26 bits per heavy atom. The summed E-state index contributed by atoms with van der Waals surface area (Å²) in [5, 5.41) is 3.29. The molecule has 1 aliphatic rings. The highest BCUT2D eigenvalue weighted by molar-refractivity contribution is 7.90. The van der Waals surface area contributed by atoms with Crippen LogP contribution in [-0.4, -0.2) is 27.1 Å². The summed E-state index contributed by atoms with van der Waals surface area (Å²) in [4.78, 5) is 0.371. The van der Waals surface area contributed by atoms with E-state index in [0.717, 1.165) is 6.54 Å². The quantitative estimate of drug-likeness (QED) is 0.850. The Bertz CT molecular complexity index is 530. The molecule has 0 saturated heterocycles. The molecule has 2 unspecified atom stereocenters. The molecule has 0 spiro atoms. The van der Waals surface area contributed by atoms with Crippen molar-refractivity contribution in [2.24, 2.45) is 11.8 Å². The van der Waals surface area contributed by atoms with E-state index in [0.29, 0.717) is 28.3 Å². The summed E-state index contributed by atoms with van der Waals surface area (Å²) in [6, 6.07) is 7.07. The van der Waals surface area contributed by atoms with Crippen molar-refractivity contribution in [3.63, 3.8) is 0 Å². The summed E-state index contributed by atoms with van der Waals surface area (Å²) in [5.74, 6) is 1.80. The Labute approximate surface area is 120 Å². The summed E-state index contributed by atoms with van der Waals surface area (Å²) >= 11 is 5.96. The van der Waals surface area contributed by atoms with Gasteiger partial charge in [0.05, 0.1) is 10.6 Å². The molecule has 2 atom stereocenters. The standard InChI is InChI=1S/C14H20ClNO2S/c1-19(17,18)14-8-3-2-7-13(14)16-10-12-6-4-5-11(12)9-15/h2-3,7-8,11-12,16H,4-6,9-10H2,1H3. The molecule has 0 heterocycles. The zero-order chi connectivity index (χ0) is 13.9. The monoisotopic (exact) mass is 301 g/mol. The molecule has 0 bridgehead atoms. The lowest BCUT2D eigenvalue weighted by molar-refractivity contribution is 0.444. The van der Waals surface area contributed by atoms with Crippen molar-refractivity contribution in [3.8, 4) is 0 Å². The number of anilines is 1. The molecular weight excluding hydrogens is 282 g/mol. The van der Waals surface area contributed by atoms with Crippen LogP contribution in [0, 0.1) is 11.8 Å². The molecule has 1 aromatic carbocycles. The smallest absolute Gasteiger partial charge is 0.177 e. The first-order valence-electron chi connectivity index (χ1n) is 6.61. The highest BCUT2D eigenvalue weighted by Gasteiger charge is 2.26. The van der Waals surface area contributed by atoms with E-state index >= 15 is 0 Å². The van der Waals surface area contributed by atoms with Gasteiger partial charge in [0.2, 0.25) is 0 Å². The van der Waals surface area contributed by atoms with Crippen molar-refractivity contribution in [2.75, 3.05) is 24.0 Å². The summed E-state index contributed by atoms with van der Waals surface area (Å²) in [6.45, 7) is 0.796. The molecule has 5 heteroatoms. The Morgan fingerprint density at radius 2 is 1.95 bits per heavy atom. The minimum atomic E-state index is -3.19. The number of para-hydroxylation sites is 1. The summed E-state index contributed by atoms with van der Waals surface area (Å²) < 4.78 is 23.4. The van der Waals surface area contributed by atoms with E-state index < -0.39 is 9.84 Å². The lowest BCUT2D eigenvalue weighted by Gasteiger charge is -2.19. The molecule has 0 aliphatic heterocycles. The normalized spacial score (nSPS) is 23.5. The van der Waals surface area contributed by atoms with Gasteiger partial charge in [-0.3, -0.25) is 0 Å². The third-order valence-electron chi connectivity index (χ3n) is 3.86. The van der Waals surface area contributed by atoms with Crippen LogP contribution in [0.25, 0.3) is 0 Å². The molecule has 1 aromatic rings. The van der Waals surface area contributed by atoms with Crippen LogP contribution >= 0.6 is 11.6 Å². The van der Waals surface area contributed by atoms with E-state index in [-0.39, 0.29) is 0 Å². The first-order chi connectivity index (χ1) is 9.02. The molecular formula is C14H20ClNO2S. The van der Waals surface area contributed by atoms with Gasteiger partial charge in [0.25, 0.3) is 0 Å². The molecule has 2 rings (SSSR count). The molecule has 19 heavy (non-hydrogen) atoms. The predicted molar refractivity (Wildman–Crippen MR) is 79.6 cm³/mol. The maximum atomic E-state index is 11.7. The van der Waals surface area contributed by atoms with Crippen LogP contribution in [0.3, 0.4) is 0 Å². The van der Waals surface area contributed by atoms with Crippen LogP contribution in [-0.2, 0) is 9.84 Å². The lowest BCUT2D eigenvalue weighted by Crippen LogP contribution is -2.20. The largest absolute Gasteiger partial charge is 0.384 e. The molecule has 1 N–H and O–H groups in total. The maximum absolute atomic E-state index is 11.7. The second kappa shape index (κ2) is 6.14. The van der Waals surface area contributed by atoms with Crippen molar-refractivity contribution in [1.29, 1.82) is 0 Å². The molecule has 1 saturated carbocycles. The second-order valence-corrected chi connectivity index (χ2v) is 7.55. The van der Waals surface area contributed by atoms with Crippen molar-refractivity contribution < 1.29 is 8.42 Å². The van der Waals surface area contributed by atoms with Gasteiger partial charge in [-0.05, 0) is 36.8 Å². The molecule has 106 valence electrons. The van der Waals surface area contributed by atoms with Gasteiger partial charge in [0, 0.05) is 18.7 Å². The highest BCUT2D eigenvalue weighted by atomic mass is 35.5. The van der Waals surface area contributed by atoms with Crippen LogP contribution < -0.4 is 5.32 Å². The predicted octanol–water partition coefficient (Wildman–Crippen LogP) is 3.16. The molecule has 0 radical (unpaired) electrons. The van der Waals surface area contributed by atoms with Crippen molar-refractivity contribution >= 4 is 27.1 Å². The average molecular weight is 302 g/mol. The molecule has 0 amide bonds. The molecule has 3 nitrogen and oxygen atoms in total. The number of hydrogen-bond acceptors (Lipinski definition) is 3. The van der Waals surface area contributed by atoms with E-state index in [1.54, 1.807) is 12.1 Å². The fourth-order valence-corrected chi connectivity index (χ4v) is 4.03. The average Bonchev–Trinajstić information content (AvgIpc) is 2.83. The molecule has 1 fully saturated rings. The first-order valence-corrected chi connectivity index (χ1v) is 9.04. The van der Waals surface area contributed by atoms with Crippen LogP contribution in [0.4, 0.5) is 5.69 Å². The van der Waals surface area contributed by atoms with Gasteiger partial charge in [0.15, 0.2) is 9.84 Å². The summed E-state index contributed by atoms with van der Waals surface area (Å²) in [7, 11) is -3.19.